The summed E-state index contributed by atoms with van der Waals surface area (Å²) in [4.78, 5) is 29.9. The van der Waals surface area contributed by atoms with E-state index in [0.717, 1.165) is 6.26 Å². The Balaban J connectivity index is 2.21. The molecule has 0 bridgehead atoms. The summed E-state index contributed by atoms with van der Waals surface area (Å²) in [6.07, 6.45) is 3.97. The van der Waals surface area contributed by atoms with Gasteiger partial charge in [0.15, 0.2) is 15.6 Å². The summed E-state index contributed by atoms with van der Waals surface area (Å²) in [5.41, 5.74) is 0.809. The minimum atomic E-state index is -3.51. The second-order valence-corrected chi connectivity index (χ2v) is 7.94. The highest BCUT2D eigenvalue weighted by Gasteiger charge is 2.28. The van der Waals surface area contributed by atoms with Crippen LogP contribution in [0.5, 0.6) is 0 Å². The summed E-state index contributed by atoms with van der Waals surface area (Å²) in [6.45, 7) is 1.87. The Bertz CT molecular complexity index is 1050. The molecule has 2 aromatic rings. The van der Waals surface area contributed by atoms with Crippen molar-refractivity contribution in [3.63, 3.8) is 0 Å². The van der Waals surface area contributed by atoms with E-state index in [1.165, 1.54) is 36.3 Å². The molecular formula is C16H17N3O5S. The molecule has 1 unspecified atom stereocenters. The van der Waals surface area contributed by atoms with Crippen molar-refractivity contribution in [3.05, 3.63) is 50.9 Å². The summed E-state index contributed by atoms with van der Waals surface area (Å²) in [7, 11) is -1.99. The lowest BCUT2D eigenvalue weighted by Gasteiger charge is -2.17. The van der Waals surface area contributed by atoms with Gasteiger partial charge in [-0.05, 0) is 30.2 Å². The molecule has 1 atom stereocenters. The van der Waals surface area contributed by atoms with Crippen molar-refractivity contribution < 1.29 is 18.0 Å². The predicted octanol–water partition coefficient (Wildman–Crippen LogP) is 0.756. The van der Waals surface area contributed by atoms with E-state index < -0.39 is 21.2 Å². The van der Waals surface area contributed by atoms with Gasteiger partial charge in [-0.15, -0.1) is 0 Å². The van der Waals surface area contributed by atoms with Crippen molar-refractivity contribution in [2.75, 3.05) is 12.9 Å². The Morgan fingerprint density at radius 1 is 1.36 bits per heavy atom. The fraction of sp³-hybridized carbons (Fsp3) is 0.312. The molecule has 1 aliphatic rings. The zero-order valence-corrected chi connectivity index (χ0v) is 14.8. The second kappa shape index (κ2) is 5.99. The number of rotatable bonds is 4. The largest absolute Gasteiger partial charge is 0.395 e. The number of carbonyl (C=O) groups excluding carboxylic acids is 1. The number of ketones is 1. The Labute approximate surface area is 144 Å². The zero-order valence-electron chi connectivity index (χ0n) is 13.9. The first-order chi connectivity index (χ1) is 11.7. The van der Waals surface area contributed by atoms with Crippen molar-refractivity contribution in [1.29, 1.82) is 0 Å². The van der Waals surface area contributed by atoms with Crippen molar-refractivity contribution in [3.8, 4) is 0 Å². The zero-order chi connectivity index (χ0) is 18.4. The molecule has 0 radical (unpaired) electrons. The lowest BCUT2D eigenvalue weighted by atomic mass is 9.90. The highest BCUT2D eigenvalue weighted by molar-refractivity contribution is 7.90. The molecule has 1 N–H and O–H groups in total. The molecule has 2 heterocycles. The third kappa shape index (κ3) is 2.91. The number of nitrogens with one attached hydrogen (secondary N) is 1. The number of oxime groups is 1. The molecule has 1 aromatic heterocycles. The molecule has 8 nitrogen and oxygen atoms in total. The van der Waals surface area contributed by atoms with Crippen LogP contribution in [0.25, 0.3) is 0 Å². The number of aryl methyl sites for hydroxylation is 1. The van der Waals surface area contributed by atoms with Crippen LogP contribution in [0.2, 0.25) is 0 Å². The number of benzene rings is 1. The van der Waals surface area contributed by atoms with E-state index in [4.69, 9.17) is 4.84 Å². The summed E-state index contributed by atoms with van der Waals surface area (Å²) >= 11 is 0. The van der Waals surface area contributed by atoms with Crippen molar-refractivity contribution in [1.82, 2.24) is 9.78 Å². The van der Waals surface area contributed by atoms with Crippen LogP contribution >= 0.6 is 0 Å². The monoisotopic (exact) mass is 363 g/mol. The summed E-state index contributed by atoms with van der Waals surface area (Å²) in [5, 5.41) is 6.35. The smallest absolute Gasteiger partial charge is 0.277 e. The standard InChI is InChI=1S/C16H17N3O5S/c1-9-11(15(20)12-7-17-19(2)16(12)21)4-5-13(25(3,22)23)14(9)10-6-18-24-8-10/h4-7,10,17H,8H2,1-3H3. The Hall–Kier alpha value is -2.68. The van der Waals surface area contributed by atoms with Gasteiger partial charge in [-0.2, -0.15) is 0 Å². The highest BCUT2D eigenvalue weighted by atomic mass is 32.2. The van der Waals surface area contributed by atoms with Gasteiger partial charge in [0.1, 0.15) is 12.2 Å². The molecule has 0 fully saturated rings. The summed E-state index contributed by atoms with van der Waals surface area (Å²) in [5.74, 6) is -0.831. The van der Waals surface area contributed by atoms with Crippen LogP contribution < -0.4 is 5.56 Å². The molecule has 0 spiro atoms. The Morgan fingerprint density at radius 2 is 2.08 bits per heavy atom. The Morgan fingerprint density at radius 3 is 2.60 bits per heavy atom. The van der Waals surface area contributed by atoms with Gasteiger partial charge in [0.25, 0.3) is 5.56 Å². The van der Waals surface area contributed by atoms with E-state index in [9.17, 15) is 18.0 Å². The van der Waals surface area contributed by atoms with Gasteiger partial charge in [-0.1, -0.05) is 5.16 Å². The van der Waals surface area contributed by atoms with Crippen LogP contribution in [-0.2, 0) is 21.7 Å². The van der Waals surface area contributed by atoms with Gasteiger partial charge in [-0.25, -0.2) is 8.42 Å². The predicted molar refractivity (Wildman–Crippen MR) is 90.9 cm³/mol. The molecule has 9 heteroatoms. The van der Waals surface area contributed by atoms with E-state index in [-0.39, 0.29) is 28.5 Å². The topological polar surface area (TPSA) is 111 Å². The lowest BCUT2D eigenvalue weighted by molar-refractivity contribution is 0.103. The minimum absolute atomic E-state index is 0.00000496. The molecule has 25 heavy (non-hydrogen) atoms. The lowest BCUT2D eigenvalue weighted by Crippen LogP contribution is -2.21. The van der Waals surface area contributed by atoms with Crippen molar-refractivity contribution in [2.45, 2.75) is 17.7 Å². The minimum Gasteiger partial charge on any atom is -0.395 e. The van der Waals surface area contributed by atoms with Crippen LogP contribution in [-0.4, -0.2) is 43.1 Å². The number of hydrogen-bond acceptors (Lipinski definition) is 6. The fourth-order valence-electron chi connectivity index (χ4n) is 2.94. The van der Waals surface area contributed by atoms with Crippen LogP contribution in [0, 0.1) is 6.92 Å². The molecule has 0 amide bonds. The number of sulfone groups is 1. The molecule has 1 aliphatic heterocycles. The first-order valence-electron chi connectivity index (χ1n) is 7.50. The molecule has 0 aliphatic carbocycles. The van der Waals surface area contributed by atoms with Crippen LogP contribution in [0.1, 0.15) is 33.0 Å². The van der Waals surface area contributed by atoms with E-state index in [1.54, 1.807) is 6.92 Å². The van der Waals surface area contributed by atoms with Crippen molar-refractivity contribution >= 4 is 21.8 Å². The third-order valence-corrected chi connectivity index (χ3v) is 5.40. The van der Waals surface area contributed by atoms with E-state index in [2.05, 4.69) is 10.3 Å². The van der Waals surface area contributed by atoms with Gasteiger partial charge >= 0.3 is 0 Å². The van der Waals surface area contributed by atoms with Gasteiger partial charge in [0.2, 0.25) is 0 Å². The molecule has 0 saturated heterocycles. The van der Waals surface area contributed by atoms with Crippen LogP contribution in [0.15, 0.2) is 33.2 Å². The maximum Gasteiger partial charge on any atom is 0.277 e. The maximum absolute atomic E-state index is 12.8. The average Bonchev–Trinajstić information content (AvgIpc) is 3.17. The number of nitrogens with zero attached hydrogens (tertiary/aromatic N) is 2. The third-order valence-electron chi connectivity index (χ3n) is 4.24. The summed E-state index contributed by atoms with van der Waals surface area (Å²) in [6, 6.07) is 2.84. The quantitative estimate of drug-likeness (QED) is 0.806. The Kier molecular flexibility index (Phi) is 4.11. The fourth-order valence-corrected chi connectivity index (χ4v) is 3.96. The van der Waals surface area contributed by atoms with Crippen molar-refractivity contribution in [2.24, 2.45) is 12.2 Å². The number of aromatic nitrogens is 2. The number of carbonyl (C=O) groups is 1. The molecule has 0 saturated carbocycles. The molecule has 3 rings (SSSR count). The van der Waals surface area contributed by atoms with Crippen LogP contribution in [0.3, 0.4) is 0 Å². The molecular weight excluding hydrogens is 346 g/mol. The van der Waals surface area contributed by atoms with E-state index >= 15 is 0 Å². The number of hydrogen-bond donors (Lipinski definition) is 1. The van der Waals surface area contributed by atoms with Gasteiger partial charge in [0, 0.05) is 25.1 Å². The van der Waals surface area contributed by atoms with E-state index in [0.29, 0.717) is 11.1 Å². The number of aromatic amines is 1. The van der Waals surface area contributed by atoms with Gasteiger partial charge in [0.05, 0.1) is 17.0 Å². The molecule has 132 valence electrons. The second-order valence-electron chi connectivity index (χ2n) is 5.96. The van der Waals surface area contributed by atoms with E-state index in [1.807, 2.05) is 0 Å². The summed E-state index contributed by atoms with van der Waals surface area (Å²) < 4.78 is 25.5. The van der Waals surface area contributed by atoms with Crippen LogP contribution in [0.4, 0.5) is 0 Å². The normalized spacial score (nSPS) is 16.8. The van der Waals surface area contributed by atoms with Gasteiger partial charge < -0.3 is 9.94 Å². The maximum atomic E-state index is 12.8. The number of H-pyrrole nitrogens is 1. The SMILES string of the molecule is Cc1c(C(=O)c2c[nH]n(C)c2=O)ccc(S(C)(=O)=O)c1C1C=NOC1. The first-order valence-corrected chi connectivity index (χ1v) is 9.39. The molecule has 1 aromatic carbocycles. The first kappa shape index (κ1) is 17.2. The highest BCUT2D eigenvalue weighted by Crippen LogP contribution is 2.31. The van der Waals surface area contributed by atoms with Gasteiger partial charge in [-0.3, -0.25) is 14.3 Å². The average molecular weight is 363 g/mol.